The van der Waals surface area contributed by atoms with Crippen LogP contribution in [0.25, 0.3) is 0 Å². The van der Waals surface area contributed by atoms with Gasteiger partial charge in [-0.15, -0.1) is 0 Å². The van der Waals surface area contributed by atoms with Crippen LogP contribution in [0.15, 0.2) is 12.4 Å². The Morgan fingerprint density at radius 2 is 1.92 bits per heavy atom. The molecule has 0 radical (unpaired) electrons. The fourth-order valence-corrected chi connectivity index (χ4v) is 0.694. The van der Waals surface area contributed by atoms with Crippen LogP contribution in [0, 0.1) is 0 Å². The van der Waals surface area contributed by atoms with Crippen LogP contribution < -0.4 is 0 Å². The molecule has 0 fully saturated rings. The van der Waals surface area contributed by atoms with Crippen molar-refractivity contribution in [2.75, 3.05) is 6.67 Å². The molecular formula is C6H5F5N2. The smallest absolute Gasteiger partial charge is 0.343 e. The van der Waals surface area contributed by atoms with E-state index in [0.29, 0.717) is 0 Å². The fourth-order valence-electron chi connectivity index (χ4n) is 0.694. The Balaban J connectivity index is 3.02. The monoisotopic (exact) mass is 200 g/mol. The van der Waals surface area contributed by atoms with E-state index in [9.17, 15) is 22.0 Å². The molecule has 0 aromatic carbocycles. The number of hydrogen-bond donors (Lipinski definition) is 1. The van der Waals surface area contributed by atoms with E-state index in [1.165, 1.54) is 0 Å². The summed E-state index contributed by atoms with van der Waals surface area (Å²) in [6.07, 6.45) is 1.84. The van der Waals surface area contributed by atoms with Gasteiger partial charge in [0.05, 0.1) is 0 Å². The van der Waals surface area contributed by atoms with Gasteiger partial charge in [0.25, 0.3) is 0 Å². The van der Waals surface area contributed by atoms with Crippen molar-refractivity contribution in [3.05, 3.63) is 18.2 Å². The largest absolute Gasteiger partial charge is 0.369 e. The van der Waals surface area contributed by atoms with Crippen LogP contribution in [-0.2, 0) is 5.92 Å². The van der Waals surface area contributed by atoms with Crippen molar-refractivity contribution >= 4 is 0 Å². The number of alkyl halides is 5. The van der Waals surface area contributed by atoms with Crippen LogP contribution in [0.1, 0.15) is 5.82 Å². The first kappa shape index (κ1) is 9.94. The van der Waals surface area contributed by atoms with Crippen LogP contribution in [0.4, 0.5) is 22.0 Å². The van der Waals surface area contributed by atoms with Crippen LogP contribution >= 0.6 is 0 Å². The number of nitrogens with zero attached hydrogens (tertiary/aromatic N) is 1. The number of hydrogen-bond acceptors (Lipinski definition) is 1. The number of aromatic amines is 1. The van der Waals surface area contributed by atoms with Crippen LogP contribution in [0.5, 0.6) is 0 Å². The van der Waals surface area contributed by atoms with Crippen molar-refractivity contribution in [1.29, 1.82) is 0 Å². The molecule has 2 nitrogen and oxygen atoms in total. The van der Waals surface area contributed by atoms with Gasteiger partial charge in [0, 0.05) is 12.4 Å². The summed E-state index contributed by atoms with van der Waals surface area (Å²) in [5, 5.41) is 0. The molecule has 1 aromatic rings. The molecule has 1 N–H and O–H groups in total. The van der Waals surface area contributed by atoms with E-state index >= 15 is 0 Å². The molecule has 0 saturated carbocycles. The normalized spacial score (nSPS) is 13.3. The van der Waals surface area contributed by atoms with Crippen LogP contribution in [0.3, 0.4) is 0 Å². The molecule has 0 aliphatic heterocycles. The van der Waals surface area contributed by atoms with E-state index in [1.807, 2.05) is 4.98 Å². The molecule has 0 saturated heterocycles. The highest BCUT2D eigenvalue weighted by Crippen LogP contribution is 2.41. The SMILES string of the molecule is FCC(F)(F)C(F)(F)c1ncc[nH]1. The number of halogens is 5. The molecule has 0 aliphatic rings. The van der Waals surface area contributed by atoms with Gasteiger partial charge in [-0.05, 0) is 0 Å². The summed E-state index contributed by atoms with van der Waals surface area (Å²) in [6, 6.07) is 0. The molecule has 1 rings (SSSR count). The molecule has 0 aliphatic carbocycles. The van der Waals surface area contributed by atoms with Gasteiger partial charge >= 0.3 is 11.8 Å². The van der Waals surface area contributed by atoms with Crippen molar-refractivity contribution in [1.82, 2.24) is 9.97 Å². The molecule has 0 bridgehead atoms. The van der Waals surface area contributed by atoms with Gasteiger partial charge in [0.1, 0.15) is 0 Å². The van der Waals surface area contributed by atoms with Crippen LogP contribution in [0.2, 0.25) is 0 Å². The second kappa shape index (κ2) is 2.97. The minimum atomic E-state index is -4.73. The maximum absolute atomic E-state index is 12.7. The summed E-state index contributed by atoms with van der Waals surface area (Å²) in [4.78, 5) is 4.76. The summed E-state index contributed by atoms with van der Waals surface area (Å²) < 4.78 is 61.6. The molecule has 0 unspecified atom stereocenters. The number of rotatable bonds is 3. The molecule has 74 valence electrons. The third-order valence-corrected chi connectivity index (χ3v) is 1.42. The summed E-state index contributed by atoms with van der Waals surface area (Å²) in [6.45, 7) is -2.43. The summed E-state index contributed by atoms with van der Waals surface area (Å²) in [5.74, 6) is -10.6. The lowest BCUT2D eigenvalue weighted by Gasteiger charge is -2.21. The number of nitrogens with one attached hydrogen (secondary N) is 1. The van der Waals surface area contributed by atoms with E-state index in [2.05, 4.69) is 4.98 Å². The fraction of sp³-hybridized carbons (Fsp3) is 0.500. The van der Waals surface area contributed by atoms with Crippen molar-refractivity contribution in [2.45, 2.75) is 11.8 Å². The maximum Gasteiger partial charge on any atom is 0.369 e. The van der Waals surface area contributed by atoms with E-state index < -0.39 is 24.3 Å². The standard InChI is InChI=1S/C6H5F5N2/c7-3-5(8,9)6(10,11)4-12-1-2-13-4/h1-2H,3H2,(H,12,13). The van der Waals surface area contributed by atoms with Crippen molar-refractivity contribution in [3.63, 3.8) is 0 Å². The Morgan fingerprint density at radius 1 is 1.31 bits per heavy atom. The van der Waals surface area contributed by atoms with Gasteiger partial charge in [-0.2, -0.15) is 17.6 Å². The lowest BCUT2D eigenvalue weighted by Crippen LogP contribution is -2.40. The Labute approximate surface area is 69.8 Å². The maximum atomic E-state index is 12.7. The zero-order valence-corrected chi connectivity index (χ0v) is 6.20. The van der Waals surface area contributed by atoms with Gasteiger partial charge in [-0.1, -0.05) is 0 Å². The molecular weight excluding hydrogens is 195 g/mol. The number of imidazole rings is 1. The summed E-state index contributed by atoms with van der Waals surface area (Å²) >= 11 is 0. The number of H-pyrrole nitrogens is 1. The lowest BCUT2D eigenvalue weighted by atomic mass is 10.2. The van der Waals surface area contributed by atoms with E-state index in [4.69, 9.17) is 0 Å². The van der Waals surface area contributed by atoms with Crippen LogP contribution in [-0.4, -0.2) is 22.6 Å². The average molecular weight is 200 g/mol. The summed E-state index contributed by atoms with van der Waals surface area (Å²) in [5.41, 5.74) is 0. The van der Waals surface area contributed by atoms with E-state index in [-0.39, 0.29) is 0 Å². The highest BCUT2D eigenvalue weighted by molar-refractivity contribution is 5.03. The second-order valence-electron chi connectivity index (χ2n) is 2.35. The second-order valence-corrected chi connectivity index (χ2v) is 2.35. The van der Waals surface area contributed by atoms with Gasteiger partial charge in [-0.25, -0.2) is 9.37 Å². The Morgan fingerprint density at radius 3 is 2.31 bits per heavy atom. The Hall–Kier alpha value is -1.14. The third-order valence-electron chi connectivity index (χ3n) is 1.42. The van der Waals surface area contributed by atoms with Gasteiger partial charge in [-0.3, -0.25) is 0 Å². The molecule has 7 heteroatoms. The Bertz CT molecular complexity index is 269. The molecule has 13 heavy (non-hydrogen) atoms. The van der Waals surface area contributed by atoms with E-state index in [0.717, 1.165) is 12.4 Å². The molecule has 0 atom stereocenters. The lowest BCUT2D eigenvalue weighted by molar-refractivity contribution is -0.226. The zero-order valence-electron chi connectivity index (χ0n) is 6.20. The van der Waals surface area contributed by atoms with Crippen molar-refractivity contribution in [3.8, 4) is 0 Å². The quantitative estimate of drug-likeness (QED) is 0.743. The van der Waals surface area contributed by atoms with Crippen molar-refractivity contribution in [2.24, 2.45) is 0 Å². The highest BCUT2D eigenvalue weighted by atomic mass is 19.3. The predicted octanol–water partition coefficient (Wildman–Crippen LogP) is 2.11. The van der Waals surface area contributed by atoms with Crippen molar-refractivity contribution < 1.29 is 22.0 Å². The summed E-state index contributed by atoms with van der Waals surface area (Å²) in [7, 11) is 0. The van der Waals surface area contributed by atoms with E-state index in [1.54, 1.807) is 0 Å². The topological polar surface area (TPSA) is 28.7 Å². The minimum absolute atomic E-state index is 0.886. The Kier molecular flexibility index (Phi) is 2.27. The first-order valence-electron chi connectivity index (χ1n) is 3.23. The highest BCUT2D eigenvalue weighted by Gasteiger charge is 2.59. The van der Waals surface area contributed by atoms with Gasteiger partial charge in [0.2, 0.25) is 0 Å². The third kappa shape index (κ3) is 1.50. The number of aromatic nitrogens is 2. The van der Waals surface area contributed by atoms with Gasteiger partial charge < -0.3 is 4.98 Å². The molecule has 0 amide bonds. The van der Waals surface area contributed by atoms with Gasteiger partial charge in [0.15, 0.2) is 12.5 Å². The average Bonchev–Trinajstić information content (AvgIpc) is 2.56. The molecule has 1 heterocycles. The predicted molar refractivity (Wildman–Crippen MR) is 33.4 cm³/mol. The zero-order chi connectivity index (χ0) is 10.1. The first-order chi connectivity index (χ1) is 5.92. The molecule has 0 spiro atoms. The first-order valence-corrected chi connectivity index (χ1v) is 3.23. The molecule has 1 aromatic heterocycles. The minimum Gasteiger partial charge on any atom is -0.343 e.